The zero-order valence-electron chi connectivity index (χ0n) is 11.4. The maximum absolute atomic E-state index is 9.45. The molecule has 0 aromatic heterocycles. The number of halogens is 1. The van der Waals surface area contributed by atoms with Crippen LogP contribution in [0.15, 0.2) is 40.9 Å². The number of aryl methyl sites for hydroxylation is 1. The second kappa shape index (κ2) is 5.66. The molecule has 0 saturated carbocycles. The third kappa shape index (κ3) is 2.81. The second-order valence-corrected chi connectivity index (χ2v) is 5.67. The molecule has 1 heterocycles. The minimum atomic E-state index is -0.461. The van der Waals surface area contributed by atoms with Gasteiger partial charge >= 0.3 is 0 Å². The molecule has 1 atom stereocenters. The first-order valence-corrected chi connectivity index (χ1v) is 7.28. The molecular formula is C16H13BrN2O2. The molecule has 2 aromatic rings. The van der Waals surface area contributed by atoms with Crippen molar-refractivity contribution in [1.82, 2.24) is 0 Å². The Hall–Kier alpha value is -2.19. The molecular weight excluding hydrogens is 332 g/mol. The van der Waals surface area contributed by atoms with Gasteiger partial charge in [-0.3, -0.25) is 0 Å². The lowest BCUT2D eigenvalue weighted by molar-refractivity contribution is 0.173. The van der Waals surface area contributed by atoms with E-state index in [1.165, 1.54) is 0 Å². The van der Waals surface area contributed by atoms with Gasteiger partial charge in [0.25, 0.3) is 0 Å². The third-order valence-electron chi connectivity index (χ3n) is 3.24. The molecule has 5 heteroatoms. The summed E-state index contributed by atoms with van der Waals surface area (Å²) < 4.78 is 11.5. The first-order chi connectivity index (χ1) is 10.2. The van der Waals surface area contributed by atoms with Gasteiger partial charge in [0.05, 0.1) is 10.5 Å². The summed E-state index contributed by atoms with van der Waals surface area (Å²) in [5.41, 5.74) is 2.88. The number of hydrogen-bond acceptors (Lipinski definition) is 4. The van der Waals surface area contributed by atoms with Crippen molar-refractivity contribution in [2.24, 2.45) is 0 Å². The number of nitriles is 1. The summed E-state index contributed by atoms with van der Waals surface area (Å²) in [6.45, 7) is 2.23. The summed E-state index contributed by atoms with van der Waals surface area (Å²) in [5, 5.41) is 12.7. The molecule has 0 bridgehead atoms. The zero-order chi connectivity index (χ0) is 14.8. The Labute approximate surface area is 131 Å². The van der Waals surface area contributed by atoms with Crippen molar-refractivity contribution < 1.29 is 9.47 Å². The van der Waals surface area contributed by atoms with Crippen LogP contribution in [0.25, 0.3) is 0 Å². The van der Waals surface area contributed by atoms with E-state index in [0.29, 0.717) is 11.5 Å². The Bertz CT molecular complexity index is 725. The van der Waals surface area contributed by atoms with Crippen molar-refractivity contribution in [2.75, 3.05) is 12.1 Å². The summed E-state index contributed by atoms with van der Waals surface area (Å²) >= 11 is 3.45. The van der Waals surface area contributed by atoms with E-state index in [-0.39, 0.29) is 6.79 Å². The van der Waals surface area contributed by atoms with E-state index in [1.54, 1.807) is 0 Å². The topological polar surface area (TPSA) is 54.3 Å². The van der Waals surface area contributed by atoms with Crippen molar-refractivity contribution in [2.45, 2.75) is 13.0 Å². The lowest BCUT2D eigenvalue weighted by atomic mass is 10.1. The molecule has 2 aromatic carbocycles. The van der Waals surface area contributed by atoms with Gasteiger partial charge in [-0.25, -0.2) is 0 Å². The Kier molecular flexibility index (Phi) is 3.72. The van der Waals surface area contributed by atoms with E-state index in [4.69, 9.17) is 9.47 Å². The van der Waals surface area contributed by atoms with E-state index in [1.807, 2.05) is 43.3 Å². The van der Waals surface area contributed by atoms with Gasteiger partial charge in [-0.2, -0.15) is 5.26 Å². The highest BCUT2D eigenvalue weighted by Gasteiger charge is 2.21. The van der Waals surface area contributed by atoms with Gasteiger partial charge in [0.1, 0.15) is 6.04 Å². The van der Waals surface area contributed by atoms with E-state index in [0.717, 1.165) is 21.3 Å². The lowest BCUT2D eigenvalue weighted by Crippen LogP contribution is -2.08. The number of ether oxygens (including phenoxy) is 2. The van der Waals surface area contributed by atoms with Crippen LogP contribution in [0.1, 0.15) is 17.2 Å². The highest BCUT2D eigenvalue weighted by molar-refractivity contribution is 9.10. The number of anilines is 1. The minimum absolute atomic E-state index is 0.208. The van der Waals surface area contributed by atoms with Crippen molar-refractivity contribution in [3.8, 4) is 17.6 Å². The maximum atomic E-state index is 9.45. The van der Waals surface area contributed by atoms with Gasteiger partial charge in [-0.1, -0.05) is 12.1 Å². The number of hydrogen-bond donors (Lipinski definition) is 1. The van der Waals surface area contributed by atoms with Crippen LogP contribution >= 0.6 is 15.9 Å². The summed E-state index contributed by atoms with van der Waals surface area (Å²) in [5.74, 6) is 1.34. The summed E-state index contributed by atoms with van der Waals surface area (Å²) in [6.07, 6.45) is 0. The molecule has 1 aliphatic heterocycles. The van der Waals surface area contributed by atoms with Gasteiger partial charge in [-0.05, 0) is 58.2 Å². The van der Waals surface area contributed by atoms with Gasteiger partial charge in [-0.15, -0.1) is 0 Å². The summed E-state index contributed by atoms with van der Waals surface area (Å²) in [4.78, 5) is 0. The van der Waals surface area contributed by atoms with Crippen molar-refractivity contribution in [3.05, 3.63) is 52.0 Å². The summed E-state index contributed by atoms with van der Waals surface area (Å²) in [7, 11) is 0. The Morgan fingerprint density at radius 1 is 1.29 bits per heavy atom. The maximum Gasteiger partial charge on any atom is 0.231 e. The predicted molar refractivity (Wildman–Crippen MR) is 83.4 cm³/mol. The monoisotopic (exact) mass is 344 g/mol. The highest BCUT2D eigenvalue weighted by Crippen LogP contribution is 2.41. The molecule has 4 nitrogen and oxygen atoms in total. The molecule has 0 saturated heterocycles. The summed E-state index contributed by atoms with van der Waals surface area (Å²) in [6, 6.07) is 13.5. The highest BCUT2D eigenvalue weighted by atomic mass is 79.9. The van der Waals surface area contributed by atoms with Crippen molar-refractivity contribution in [3.63, 3.8) is 0 Å². The van der Waals surface area contributed by atoms with E-state index < -0.39 is 6.04 Å². The van der Waals surface area contributed by atoms with E-state index >= 15 is 0 Å². The average Bonchev–Trinajstić information content (AvgIpc) is 2.93. The first-order valence-electron chi connectivity index (χ1n) is 6.49. The van der Waals surface area contributed by atoms with Gasteiger partial charge in [0.2, 0.25) is 6.79 Å². The third-order valence-corrected chi connectivity index (χ3v) is 3.83. The van der Waals surface area contributed by atoms with E-state index in [2.05, 4.69) is 27.3 Å². The van der Waals surface area contributed by atoms with Crippen LogP contribution in [0.3, 0.4) is 0 Å². The fraction of sp³-hybridized carbons (Fsp3) is 0.188. The van der Waals surface area contributed by atoms with Crippen LogP contribution in [-0.4, -0.2) is 6.79 Å². The molecule has 106 valence electrons. The van der Waals surface area contributed by atoms with Gasteiger partial charge in [0, 0.05) is 5.69 Å². The normalized spacial score (nSPS) is 13.6. The van der Waals surface area contributed by atoms with Crippen LogP contribution in [0.4, 0.5) is 5.69 Å². The second-order valence-electron chi connectivity index (χ2n) is 4.81. The van der Waals surface area contributed by atoms with Crippen molar-refractivity contribution >= 4 is 21.6 Å². The molecule has 3 rings (SSSR count). The molecule has 1 aliphatic rings. The van der Waals surface area contributed by atoms with Crippen molar-refractivity contribution in [1.29, 1.82) is 5.26 Å². The molecule has 0 aliphatic carbocycles. The Morgan fingerprint density at radius 2 is 2.14 bits per heavy atom. The molecule has 0 spiro atoms. The molecule has 0 amide bonds. The fourth-order valence-corrected chi connectivity index (χ4v) is 2.82. The number of rotatable bonds is 3. The van der Waals surface area contributed by atoms with Crippen LogP contribution in [-0.2, 0) is 0 Å². The van der Waals surface area contributed by atoms with Gasteiger partial charge < -0.3 is 14.8 Å². The lowest BCUT2D eigenvalue weighted by Gasteiger charge is -2.15. The SMILES string of the molecule is Cc1cccc(NC(C#N)c2cc(Br)c3c(c2)OCO3)c1. The number of nitrogens with zero attached hydrogens (tertiary/aromatic N) is 1. The largest absolute Gasteiger partial charge is 0.454 e. The van der Waals surface area contributed by atoms with Crippen LogP contribution in [0.2, 0.25) is 0 Å². The zero-order valence-corrected chi connectivity index (χ0v) is 13.0. The predicted octanol–water partition coefficient (Wildman–Crippen LogP) is 4.16. The first kappa shape index (κ1) is 13.8. The Morgan fingerprint density at radius 3 is 2.90 bits per heavy atom. The molecule has 1 N–H and O–H groups in total. The molecule has 0 radical (unpaired) electrons. The number of benzene rings is 2. The van der Waals surface area contributed by atoms with Crippen LogP contribution in [0.5, 0.6) is 11.5 Å². The Balaban J connectivity index is 1.91. The standard InChI is InChI=1S/C16H13BrN2O2/c1-10-3-2-4-12(5-10)19-14(8-18)11-6-13(17)16-15(7-11)20-9-21-16/h2-7,14,19H,9H2,1H3. The molecule has 21 heavy (non-hydrogen) atoms. The smallest absolute Gasteiger partial charge is 0.231 e. The van der Waals surface area contributed by atoms with Crippen LogP contribution in [0, 0.1) is 18.3 Å². The fourth-order valence-electron chi connectivity index (χ4n) is 2.25. The van der Waals surface area contributed by atoms with Gasteiger partial charge in [0.15, 0.2) is 11.5 Å². The van der Waals surface area contributed by atoms with E-state index in [9.17, 15) is 5.26 Å². The number of nitrogens with one attached hydrogen (secondary N) is 1. The van der Waals surface area contributed by atoms with Crippen LogP contribution < -0.4 is 14.8 Å². The number of fused-ring (bicyclic) bond motifs is 1. The molecule has 1 unspecified atom stereocenters. The quantitative estimate of drug-likeness (QED) is 0.907. The average molecular weight is 345 g/mol. The minimum Gasteiger partial charge on any atom is -0.454 e. The molecule has 0 fully saturated rings.